The van der Waals surface area contributed by atoms with Crippen molar-refractivity contribution in [1.82, 2.24) is 10.2 Å². The molecule has 1 amide bonds. The third kappa shape index (κ3) is 4.70. The van der Waals surface area contributed by atoms with E-state index in [0.29, 0.717) is 5.75 Å². The summed E-state index contributed by atoms with van der Waals surface area (Å²) in [5.74, 6) is -0.0419. The van der Waals surface area contributed by atoms with Gasteiger partial charge in [-0.15, -0.1) is 10.2 Å². The molecule has 0 saturated heterocycles. The highest BCUT2D eigenvalue weighted by Crippen LogP contribution is 2.34. The number of nitrogens with one attached hydrogen (secondary N) is 1. The van der Waals surface area contributed by atoms with E-state index in [-0.39, 0.29) is 12.1 Å². The predicted molar refractivity (Wildman–Crippen MR) is 80.1 cm³/mol. The molecule has 0 unspecified atom stereocenters. The number of aromatic nitrogens is 2. The van der Waals surface area contributed by atoms with Gasteiger partial charge in [-0.2, -0.15) is 13.2 Å². The molecule has 4 nitrogen and oxygen atoms in total. The van der Waals surface area contributed by atoms with Gasteiger partial charge in [0, 0.05) is 12.2 Å². The van der Waals surface area contributed by atoms with Crippen LogP contribution in [0.3, 0.4) is 0 Å². The van der Waals surface area contributed by atoms with E-state index in [4.69, 9.17) is 0 Å². The number of amides is 1. The number of hydrogen-bond donors (Lipinski definition) is 1. The molecule has 0 atom stereocenters. The van der Waals surface area contributed by atoms with Crippen molar-refractivity contribution in [3.8, 4) is 0 Å². The summed E-state index contributed by atoms with van der Waals surface area (Å²) in [4.78, 5) is 11.8. The van der Waals surface area contributed by atoms with Crippen molar-refractivity contribution in [3.05, 3.63) is 34.8 Å². The van der Waals surface area contributed by atoms with Crippen LogP contribution in [-0.2, 0) is 11.0 Å². The summed E-state index contributed by atoms with van der Waals surface area (Å²) in [5.41, 5.74) is -1.08. The number of carbonyl (C=O) groups is 1. The maximum Gasteiger partial charge on any atom is 0.418 e. The average Bonchev–Trinajstić information content (AvgIpc) is 2.84. The topological polar surface area (TPSA) is 54.9 Å². The summed E-state index contributed by atoms with van der Waals surface area (Å²) in [6.07, 6.45) is -4.40. The Balaban J connectivity index is 1.90. The van der Waals surface area contributed by atoms with Gasteiger partial charge in [0.25, 0.3) is 0 Å². The number of aryl methyl sites for hydroxylation is 1. The standard InChI is InChI=1S/C13H12F3N3OS2/c1-8-18-19-12(22-8)21-7-6-11(20)17-10-5-3-2-4-9(10)13(14,15)16/h2-5H,6-7H2,1H3,(H,17,20). The van der Waals surface area contributed by atoms with Gasteiger partial charge < -0.3 is 5.32 Å². The number of carbonyl (C=O) groups excluding carboxylic acids is 1. The van der Waals surface area contributed by atoms with E-state index in [2.05, 4.69) is 15.5 Å². The first kappa shape index (κ1) is 16.8. The summed E-state index contributed by atoms with van der Waals surface area (Å²) < 4.78 is 39.2. The fourth-order valence-electron chi connectivity index (χ4n) is 1.62. The molecule has 0 radical (unpaired) electrons. The van der Waals surface area contributed by atoms with Crippen molar-refractivity contribution in [1.29, 1.82) is 0 Å². The fourth-order valence-corrected chi connectivity index (χ4v) is 3.44. The smallest absolute Gasteiger partial charge is 0.325 e. The van der Waals surface area contributed by atoms with Gasteiger partial charge in [0.05, 0.1) is 11.3 Å². The van der Waals surface area contributed by atoms with Crippen molar-refractivity contribution in [2.75, 3.05) is 11.1 Å². The Morgan fingerprint density at radius 3 is 2.68 bits per heavy atom. The summed E-state index contributed by atoms with van der Waals surface area (Å²) in [6, 6.07) is 4.91. The Hall–Kier alpha value is -1.61. The van der Waals surface area contributed by atoms with Gasteiger partial charge in [0.15, 0.2) is 4.34 Å². The maximum absolute atomic E-state index is 12.8. The van der Waals surface area contributed by atoms with Crippen molar-refractivity contribution in [2.45, 2.75) is 23.9 Å². The van der Waals surface area contributed by atoms with Crippen LogP contribution in [0, 0.1) is 6.92 Å². The van der Waals surface area contributed by atoms with Gasteiger partial charge in [0.1, 0.15) is 5.01 Å². The number of anilines is 1. The molecule has 0 saturated carbocycles. The van der Waals surface area contributed by atoms with Crippen molar-refractivity contribution < 1.29 is 18.0 Å². The number of benzene rings is 1. The van der Waals surface area contributed by atoms with Crippen molar-refractivity contribution >= 4 is 34.7 Å². The molecular weight excluding hydrogens is 335 g/mol. The highest BCUT2D eigenvalue weighted by molar-refractivity contribution is 8.01. The van der Waals surface area contributed by atoms with E-state index in [1.807, 2.05) is 6.92 Å². The lowest BCUT2D eigenvalue weighted by Crippen LogP contribution is -2.16. The zero-order chi connectivity index (χ0) is 16.2. The summed E-state index contributed by atoms with van der Waals surface area (Å²) in [6.45, 7) is 1.82. The van der Waals surface area contributed by atoms with Crippen LogP contribution < -0.4 is 5.32 Å². The normalized spacial score (nSPS) is 11.5. The van der Waals surface area contributed by atoms with Crippen molar-refractivity contribution in [2.24, 2.45) is 0 Å². The predicted octanol–water partition coefficient (Wildman–Crippen LogP) is 3.99. The number of para-hydroxylation sites is 1. The van der Waals surface area contributed by atoms with Crippen LogP contribution in [-0.4, -0.2) is 21.9 Å². The molecule has 1 aromatic carbocycles. The van der Waals surface area contributed by atoms with Crippen LogP contribution >= 0.6 is 23.1 Å². The van der Waals surface area contributed by atoms with Gasteiger partial charge in [-0.25, -0.2) is 0 Å². The lowest BCUT2D eigenvalue weighted by Gasteiger charge is -2.13. The number of rotatable bonds is 5. The molecule has 0 spiro atoms. The molecular formula is C13H12F3N3OS2. The van der Waals surface area contributed by atoms with Gasteiger partial charge in [-0.1, -0.05) is 35.2 Å². The molecule has 0 aliphatic carbocycles. The first-order valence-corrected chi connectivity index (χ1v) is 8.05. The van der Waals surface area contributed by atoms with Crippen LogP contribution in [0.2, 0.25) is 0 Å². The number of alkyl halides is 3. The second-order valence-electron chi connectivity index (χ2n) is 4.28. The average molecular weight is 347 g/mol. The highest BCUT2D eigenvalue weighted by atomic mass is 32.2. The lowest BCUT2D eigenvalue weighted by molar-refractivity contribution is -0.137. The number of thioether (sulfide) groups is 1. The Bertz CT molecular complexity index is 658. The minimum atomic E-state index is -4.50. The Kier molecular flexibility index (Phi) is 5.41. The molecule has 1 aromatic heterocycles. The van der Waals surface area contributed by atoms with Crippen molar-refractivity contribution in [3.63, 3.8) is 0 Å². The van der Waals surface area contributed by atoms with Crippen LogP contribution in [0.25, 0.3) is 0 Å². The molecule has 0 aliphatic heterocycles. The molecule has 1 N–H and O–H groups in total. The third-order valence-electron chi connectivity index (χ3n) is 2.57. The van der Waals surface area contributed by atoms with Gasteiger partial charge >= 0.3 is 6.18 Å². The van der Waals surface area contributed by atoms with Gasteiger partial charge in [-0.05, 0) is 19.1 Å². The fraction of sp³-hybridized carbons (Fsp3) is 0.308. The third-order valence-corrected chi connectivity index (χ3v) is 4.54. The molecule has 0 aliphatic rings. The highest BCUT2D eigenvalue weighted by Gasteiger charge is 2.33. The van der Waals surface area contributed by atoms with Gasteiger partial charge in [-0.3, -0.25) is 4.79 Å². The molecule has 0 bridgehead atoms. The number of hydrogen-bond acceptors (Lipinski definition) is 5. The van der Waals surface area contributed by atoms with E-state index in [9.17, 15) is 18.0 Å². The second kappa shape index (κ2) is 7.10. The molecule has 2 rings (SSSR count). The van der Waals surface area contributed by atoms with E-state index >= 15 is 0 Å². The summed E-state index contributed by atoms with van der Waals surface area (Å²) in [7, 11) is 0. The Labute approximate surface area is 133 Å². The summed E-state index contributed by atoms with van der Waals surface area (Å²) >= 11 is 2.76. The van der Waals surface area contributed by atoms with E-state index in [1.165, 1.54) is 41.3 Å². The van der Waals surface area contributed by atoms with E-state index < -0.39 is 17.6 Å². The molecule has 118 valence electrons. The molecule has 1 heterocycles. The minimum absolute atomic E-state index is 0.0927. The monoisotopic (exact) mass is 347 g/mol. The van der Waals surface area contributed by atoms with Crippen LogP contribution in [0.15, 0.2) is 28.6 Å². The largest absolute Gasteiger partial charge is 0.418 e. The van der Waals surface area contributed by atoms with E-state index in [1.54, 1.807) is 0 Å². The molecule has 9 heteroatoms. The van der Waals surface area contributed by atoms with E-state index in [0.717, 1.165) is 15.4 Å². The quantitative estimate of drug-likeness (QED) is 0.831. The number of nitrogens with zero attached hydrogens (tertiary/aromatic N) is 2. The zero-order valence-corrected chi connectivity index (χ0v) is 13.1. The zero-order valence-electron chi connectivity index (χ0n) is 11.5. The first-order chi connectivity index (χ1) is 10.4. The maximum atomic E-state index is 12.8. The minimum Gasteiger partial charge on any atom is -0.325 e. The second-order valence-corrected chi connectivity index (χ2v) is 6.80. The van der Waals surface area contributed by atoms with Gasteiger partial charge in [0.2, 0.25) is 5.91 Å². The van der Waals surface area contributed by atoms with Crippen LogP contribution in [0.5, 0.6) is 0 Å². The molecule has 2 aromatic rings. The SMILES string of the molecule is Cc1nnc(SCCC(=O)Nc2ccccc2C(F)(F)F)s1. The lowest BCUT2D eigenvalue weighted by atomic mass is 10.1. The Morgan fingerprint density at radius 2 is 2.05 bits per heavy atom. The summed E-state index contributed by atoms with van der Waals surface area (Å²) in [5, 5.41) is 10.9. The number of halogens is 3. The molecule has 0 fully saturated rings. The van der Waals surface area contributed by atoms with Crippen LogP contribution in [0.1, 0.15) is 17.0 Å². The first-order valence-electron chi connectivity index (χ1n) is 6.25. The Morgan fingerprint density at radius 1 is 1.32 bits per heavy atom. The van der Waals surface area contributed by atoms with Crippen LogP contribution in [0.4, 0.5) is 18.9 Å². The molecule has 22 heavy (non-hydrogen) atoms.